The molecule has 17 heavy (non-hydrogen) atoms. The van der Waals surface area contributed by atoms with Crippen molar-refractivity contribution in [2.45, 2.75) is 0 Å². The zero-order valence-electron chi connectivity index (χ0n) is 9.24. The largest absolute Gasteiger partial charge is 0.271 e. The topological polar surface area (TPSA) is 57.4 Å². The summed E-state index contributed by atoms with van der Waals surface area (Å²) in [6, 6.07) is 9.63. The molecular weight excluding hydrogens is 216 g/mol. The second-order valence-corrected chi connectivity index (χ2v) is 3.88. The Hall–Kier alpha value is -2.30. The Morgan fingerprint density at radius 1 is 1.24 bits per heavy atom. The van der Waals surface area contributed by atoms with E-state index in [2.05, 4.69) is 15.1 Å². The highest BCUT2D eigenvalue weighted by Gasteiger charge is 2.39. The zero-order valence-corrected chi connectivity index (χ0v) is 9.24. The van der Waals surface area contributed by atoms with Crippen LogP contribution in [-0.2, 0) is 4.79 Å². The van der Waals surface area contributed by atoms with Gasteiger partial charge >= 0.3 is 0 Å². The highest BCUT2D eigenvalue weighted by Crippen LogP contribution is 2.23. The lowest BCUT2D eigenvalue weighted by Gasteiger charge is -2.14. The fourth-order valence-electron chi connectivity index (χ4n) is 2.02. The summed E-state index contributed by atoms with van der Waals surface area (Å²) in [5.74, 6) is -0.0155. The van der Waals surface area contributed by atoms with Crippen LogP contribution in [0.4, 0.5) is 0 Å². The second-order valence-electron chi connectivity index (χ2n) is 3.88. The van der Waals surface area contributed by atoms with E-state index in [9.17, 15) is 4.79 Å². The number of carbonyl (C=O) groups excluding carboxylic acids is 1. The van der Waals surface area contributed by atoms with E-state index in [1.807, 2.05) is 30.3 Å². The number of fused-ring (bicyclic) bond motifs is 1. The molecule has 1 unspecified atom stereocenters. The molecule has 0 N–H and O–H groups in total. The minimum atomic E-state index is -0.451. The Morgan fingerprint density at radius 3 is 2.76 bits per heavy atom. The van der Waals surface area contributed by atoms with Gasteiger partial charge in [-0.25, -0.2) is 9.98 Å². The first-order chi connectivity index (χ1) is 8.27. The summed E-state index contributed by atoms with van der Waals surface area (Å²) in [6.45, 7) is 0. The predicted molar refractivity (Wildman–Crippen MR) is 65.2 cm³/mol. The van der Waals surface area contributed by atoms with Crippen LogP contribution < -0.4 is 0 Å². The summed E-state index contributed by atoms with van der Waals surface area (Å²) in [5.41, 5.74) is 1.65. The van der Waals surface area contributed by atoms with Crippen molar-refractivity contribution >= 4 is 23.8 Å². The van der Waals surface area contributed by atoms with Gasteiger partial charge < -0.3 is 0 Å². The van der Waals surface area contributed by atoms with E-state index in [1.165, 1.54) is 6.34 Å². The van der Waals surface area contributed by atoms with Gasteiger partial charge in [0.05, 0.1) is 5.71 Å². The molecule has 84 valence electrons. The fourth-order valence-corrected chi connectivity index (χ4v) is 2.02. The average Bonchev–Trinajstić information content (AvgIpc) is 2.70. The van der Waals surface area contributed by atoms with Gasteiger partial charge in [0.25, 0.3) is 5.91 Å². The van der Waals surface area contributed by atoms with Crippen molar-refractivity contribution in [2.75, 3.05) is 7.05 Å². The van der Waals surface area contributed by atoms with E-state index >= 15 is 0 Å². The number of nitrogens with zero attached hydrogens (tertiary/aromatic N) is 4. The van der Waals surface area contributed by atoms with E-state index in [-0.39, 0.29) is 5.91 Å². The summed E-state index contributed by atoms with van der Waals surface area (Å²) < 4.78 is 0. The molecule has 0 spiro atoms. The van der Waals surface area contributed by atoms with Gasteiger partial charge in [0.15, 0.2) is 0 Å². The van der Waals surface area contributed by atoms with Crippen molar-refractivity contribution < 1.29 is 4.79 Å². The van der Waals surface area contributed by atoms with E-state index in [1.54, 1.807) is 12.1 Å². The standard InChI is InChI=1S/C12H10N4O/c1-16-11-9(12(17)14-7-13-11)10(15-16)8-5-3-2-4-6-8/h2-7,9H,1H3. The molecular formula is C12H10N4O. The van der Waals surface area contributed by atoms with Gasteiger partial charge in [0.1, 0.15) is 18.1 Å². The number of hydrogen-bond donors (Lipinski definition) is 0. The maximum Gasteiger partial charge on any atom is 0.264 e. The first-order valence-corrected chi connectivity index (χ1v) is 5.29. The van der Waals surface area contributed by atoms with Crippen LogP contribution in [-0.4, -0.2) is 35.8 Å². The molecule has 0 saturated heterocycles. The van der Waals surface area contributed by atoms with Crippen LogP contribution >= 0.6 is 0 Å². The molecule has 0 aliphatic carbocycles. The Bertz CT molecular complexity index is 559. The van der Waals surface area contributed by atoms with Crippen LogP contribution in [0, 0.1) is 5.92 Å². The molecule has 5 nitrogen and oxygen atoms in total. The van der Waals surface area contributed by atoms with Crippen LogP contribution in [0.25, 0.3) is 0 Å². The van der Waals surface area contributed by atoms with Gasteiger partial charge in [0.2, 0.25) is 0 Å². The molecule has 2 aliphatic heterocycles. The molecule has 1 amide bonds. The summed E-state index contributed by atoms with van der Waals surface area (Å²) >= 11 is 0. The molecule has 1 aromatic carbocycles. The first-order valence-electron chi connectivity index (χ1n) is 5.29. The molecule has 3 rings (SSSR count). The Morgan fingerprint density at radius 2 is 2.00 bits per heavy atom. The average molecular weight is 226 g/mol. The number of amides is 1. The van der Waals surface area contributed by atoms with E-state index in [4.69, 9.17) is 0 Å². The van der Waals surface area contributed by atoms with Gasteiger partial charge in [-0.2, -0.15) is 5.10 Å². The van der Waals surface area contributed by atoms with Crippen molar-refractivity contribution in [2.24, 2.45) is 21.0 Å². The predicted octanol–water partition coefficient (Wildman–Crippen LogP) is 0.919. The number of benzene rings is 1. The number of carbonyl (C=O) groups is 1. The SMILES string of the molecule is CN1N=C(c2ccccc2)C2C(=O)N=CN=C21. The van der Waals surface area contributed by atoms with Gasteiger partial charge in [-0.15, -0.1) is 0 Å². The lowest BCUT2D eigenvalue weighted by molar-refractivity contribution is -0.118. The quantitative estimate of drug-likeness (QED) is 0.715. The minimum absolute atomic E-state index is 0.207. The first kappa shape index (κ1) is 9.89. The second kappa shape index (κ2) is 3.62. The zero-order chi connectivity index (χ0) is 11.8. The van der Waals surface area contributed by atoms with Gasteiger partial charge in [-0.3, -0.25) is 9.80 Å². The van der Waals surface area contributed by atoms with Crippen molar-refractivity contribution in [1.29, 1.82) is 0 Å². The third-order valence-corrected chi connectivity index (χ3v) is 2.81. The van der Waals surface area contributed by atoms with Crippen LogP contribution in [0.15, 0.2) is 45.4 Å². The number of amidine groups is 1. The third-order valence-electron chi connectivity index (χ3n) is 2.81. The molecule has 0 radical (unpaired) electrons. The minimum Gasteiger partial charge on any atom is -0.271 e. The lowest BCUT2D eigenvalue weighted by atomic mass is 9.95. The molecule has 0 fully saturated rings. The summed E-state index contributed by atoms with van der Waals surface area (Å²) in [7, 11) is 1.79. The van der Waals surface area contributed by atoms with Crippen LogP contribution in [0.2, 0.25) is 0 Å². The van der Waals surface area contributed by atoms with E-state index < -0.39 is 5.92 Å². The number of aliphatic imine (C=N–C) groups is 2. The fraction of sp³-hybridized carbons (Fsp3) is 0.167. The molecule has 1 atom stereocenters. The number of rotatable bonds is 1. The van der Waals surface area contributed by atoms with E-state index in [0.717, 1.165) is 5.56 Å². The highest BCUT2D eigenvalue weighted by atomic mass is 16.1. The lowest BCUT2D eigenvalue weighted by Crippen LogP contribution is -2.33. The van der Waals surface area contributed by atoms with Crippen LogP contribution in [0.5, 0.6) is 0 Å². The number of hydrazone groups is 1. The number of hydrogen-bond acceptors (Lipinski definition) is 4. The van der Waals surface area contributed by atoms with Gasteiger partial charge in [0, 0.05) is 7.05 Å². The van der Waals surface area contributed by atoms with Crippen molar-refractivity contribution in [1.82, 2.24) is 5.01 Å². The summed E-state index contributed by atoms with van der Waals surface area (Å²) in [5, 5.41) is 6.01. The smallest absolute Gasteiger partial charge is 0.264 e. The van der Waals surface area contributed by atoms with Crippen molar-refractivity contribution in [3.63, 3.8) is 0 Å². The maximum atomic E-state index is 11.8. The van der Waals surface area contributed by atoms with Crippen molar-refractivity contribution in [3.8, 4) is 0 Å². The molecule has 2 aliphatic rings. The third kappa shape index (κ3) is 1.47. The van der Waals surface area contributed by atoms with Crippen LogP contribution in [0.3, 0.4) is 0 Å². The molecule has 0 bridgehead atoms. The Balaban J connectivity index is 2.08. The monoisotopic (exact) mass is 226 g/mol. The highest BCUT2D eigenvalue weighted by molar-refractivity contribution is 6.31. The summed E-state index contributed by atoms with van der Waals surface area (Å²) in [6.07, 6.45) is 1.29. The molecule has 5 heteroatoms. The van der Waals surface area contributed by atoms with E-state index in [0.29, 0.717) is 11.5 Å². The van der Waals surface area contributed by atoms with Crippen molar-refractivity contribution in [3.05, 3.63) is 35.9 Å². The van der Waals surface area contributed by atoms with Crippen LogP contribution in [0.1, 0.15) is 5.56 Å². The Labute approximate surface area is 98.2 Å². The maximum absolute atomic E-state index is 11.8. The molecule has 2 heterocycles. The normalized spacial score (nSPS) is 22.3. The molecule has 1 aromatic rings. The van der Waals surface area contributed by atoms with Gasteiger partial charge in [-0.1, -0.05) is 30.3 Å². The molecule has 0 saturated carbocycles. The Kier molecular flexibility index (Phi) is 2.11. The molecule has 0 aromatic heterocycles. The van der Waals surface area contributed by atoms with Gasteiger partial charge in [-0.05, 0) is 5.56 Å². The summed E-state index contributed by atoms with van der Waals surface area (Å²) in [4.78, 5) is 19.7.